The van der Waals surface area contributed by atoms with Crippen molar-refractivity contribution in [2.75, 3.05) is 0 Å². The maximum atomic E-state index is 4.11. The van der Waals surface area contributed by atoms with E-state index in [2.05, 4.69) is 132 Å². The average Bonchev–Trinajstić information content (AvgIpc) is 3.36. The summed E-state index contributed by atoms with van der Waals surface area (Å²) < 4.78 is 4.71. The van der Waals surface area contributed by atoms with Gasteiger partial charge in [-0.2, -0.15) is 0 Å². The Morgan fingerprint density at radius 1 is 0.606 bits per heavy atom. The highest BCUT2D eigenvalue weighted by Gasteiger charge is 2.17. The fraction of sp³-hybridized carbons (Fsp3) is 0.0323. The topological polar surface area (TPSA) is 9.86 Å². The first-order valence-corrected chi connectivity index (χ1v) is 11.3. The van der Waals surface area contributed by atoms with E-state index in [1.807, 2.05) is 6.08 Å². The molecular weight excluding hydrogens is 400 g/mol. The van der Waals surface area contributed by atoms with Gasteiger partial charge in [0.25, 0.3) is 0 Å². The van der Waals surface area contributed by atoms with Gasteiger partial charge < -0.3 is 9.13 Å². The Morgan fingerprint density at radius 2 is 1.24 bits per heavy atom. The molecule has 0 aliphatic heterocycles. The number of aromatic nitrogens is 2. The smallest absolute Gasteiger partial charge is 0.0561 e. The molecule has 33 heavy (non-hydrogen) atoms. The number of nitrogens with zero attached hydrogens (tertiary/aromatic N) is 2. The molecule has 6 aromatic rings. The Kier molecular flexibility index (Phi) is 4.51. The van der Waals surface area contributed by atoms with Crippen molar-refractivity contribution in [3.8, 4) is 11.4 Å². The van der Waals surface area contributed by atoms with Crippen LogP contribution in [0.15, 0.2) is 110 Å². The zero-order valence-electron chi connectivity index (χ0n) is 18.6. The van der Waals surface area contributed by atoms with E-state index >= 15 is 0 Å². The van der Waals surface area contributed by atoms with Crippen molar-refractivity contribution in [1.29, 1.82) is 0 Å². The second-order valence-electron chi connectivity index (χ2n) is 8.25. The summed E-state index contributed by atoms with van der Waals surface area (Å²) in [5.41, 5.74) is 8.21. The highest BCUT2D eigenvalue weighted by atomic mass is 15.0. The van der Waals surface area contributed by atoms with E-state index in [0.29, 0.717) is 0 Å². The molecule has 0 atom stereocenters. The Hall–Kier alpha value is -4.30. The molecule has 0 N–H and O–H groups in total. The number of fused-ring (bicyclic) bond motifs is 4. The summed E-state index contributed by atoms with van der Waals surface area (Å²) in [6.45, 7) is 6.17. The molecule has 2 aromatic heterocycles. The second kappa shape index (κ2) is 7.68. The number of rotatable bonds is 4. The number of para-hydroxylation sites is 3. The summed E-state index contributed by atoms with van der Waals surface area (Å²) in [6, 6.07) is 34.6. The van der Waals surface area contributed by atoms with Crippen LogP contribution in [0.3, 0.4) is 0 Å². The first-order chi connectivity index (χ1) is 16.3. The molecule has 0 unspecified atom stereocenters. The van der Waals surface area contributed by atoms with Crippen LogP contribution in [-0.4, -0.2) is 9.13 Å². The molecule has 0 saturated heterocycles. The number of allylic oxidation sites excluding steroid dienone is 1. The van der Waals surface area contributed by atoms with Gasteiger partial charge in [-0.25, -0.2) is 0 Å². The van der Waals surface area contributed by atoms with E-state index in [-0.39, 0.29) is 0 Å². The molecule has 0 bridgehead atoms. The lowest BCUT2D eigenvalue weighted by Gasteiger charge is -2.12. The lowest BCUT2D eigenvalue weighted by molar-refractivity contribution is 1.10. The van der Waals surface area contributed by atoms with Crippen LogP contribution in [0, 0.1) is 0 Å². The Morgan fingerprint density at radius 3 is 1.97 bits per heavy atom. The molecule has 0 aliphatic carbocycles. The predicted octanol–water partition coefficient (Wildman–Crippen LogP) is 8.40. The highest BCUT2D eigenvalue weighted by Crippen LogP contribution is 2.36. The Bertz CT molecular complexity index is 1680. The van der Waals surface area contributed by atoms with Crippen LogP contribution < -0.4 is 0 Å². The van der Waals surface area contributed by atoms with E-state index in [4.69, 9.17) is 0 Å². The molecule has 2 heterocycles. The number of hydrogen-bond donors (Lipinski definition) is 0. The van der Waals surface area contributed by atoms with Crippen LogP contribution in [0.5, 0.6) is 0 Å². The minimum atomic E-state index is 1.14. The van der Waals surface area contributed by atoms with E-state index in [1.165, 1.54) is 38.4 Å². The largest absolute Gasteiger partial charge is 0.309 e. The summed E-state index contributed by atoms with van der Waals surface area (Å²) in [4.78, 5) is 0. The maximum Gasteiger partial charge on any atom is 0.0561 e. The number of benzene rings is 4. The van der Waals surface area contributed by atoms with E-state index in [0.717, 1.165) is 16.9 Å². The third kappa shape index (κ3) is 2.88. The maximum absolute atomic E-state index is 4.11. The van der Waals surface area contributed by atoms with Crippen LogP contribution in [0.1, 0.15) is 18.2 Å². The van der Waals surface area contributed by atoms with Crippen LogP contribution in [0.4, 0.5) is 0 Å². The lowest BCUT2D eigenvalue weighted by atomic mass is 10.1. The SMILES string of the molecule is C=Cc1c(/C=C\C)n(-c2ccc3c4ccccc4n(-c4ccccc4)c3c2)c2ccccc12. The van der Waals surface area contributed by atoms with Crippen molar-refractivity contribution < 1.29 is 0 Å². The van der Waals surface area contributed by atoms with Crippen LogP contribution in [0.25, 0.3) is 56.2 Å². The van der Waals surface area contributed by atoms with Gasteiger partial charge in [-0.3, -0.25) is 0 Å². The first kappa shape index (κ1) is 19.4. The molecule has 6 rings (SSSR count). The lowest BCUT2D eigenvalue weighted by Crippen LogP contribution is -1.98. The molecule has 0 saturated carbocycles. The quantitative estimate of drug-likeness (QED) is 0.269. The third-order valence-corrected chi connectivity index (χ3v) is 6.41. The van der Waals surface area contributed by atoms with Crippen molar-refractivity contribution >= 4 is 44.9 Å². The molecule has 2 nitrogen and oxygen atoms in total. The fourth-order valence-electron chi connectivity index (χ4n) is 5.05. The van der Waals surface area contributed by atoms with Crippen molar-refractivity contribution in [2.24, 2.45) is 0 Å². The van der Waals surface area contributed by atoms with E-state index in [1.54, 1.807) is 0 Å². The summed E-state index contributed by atoms with van der Waals surface area (Å²) in [5.74, 6) is 0. The molecular formula is C31H24N2. The van der Waals surface area contributed by atoms with Crippen molar-refractivity contribution in [3.63, 3.8) is 0 Å². The predicted molar refractivity (Wildman–Crippen MR) is 142 cm³/mol. The van der Waals surface area contributed by atoms with Gasteiger partial charge in [-0.15, -0.1) is 0 Å². The summed E-state index contributed by atoms with van der Waals surface area (Å²) in [7, 11) is 0. The Balaban J connectivity index is 1.74. The van der Waals surface area contributed by atoms with Crippen molar-refractivity contribution in [1.82, 2.24) is 9.13 Å². The standard InChI is InChI=1S/C31H24N2/c1-3-12-28-24(4-2)25-15-8-10-17-29(25)33(28)23-19-20-27-26-16-9-11-18-30(26)32(31(27)21-23)22-13-6-5-7-14-22/h3-21H,2H2,1H3/b12-3-. The van der Waals surface area contributed by atoms with Gasteiger partial charge in [-0.05, 0) is 49.4 Å². The van der Waals surface area contributed by atoms with Gasteiger partial charge >= 0.3 is 0 Å². The summed E-state index contributed by atoms with van der Waals surface area (Å²) >= 11 is 0. The zero-order chi connectivity index (χ0) is 22.4. The normalized spacial score (nSPS) is 11.8. The molecule has 2 heteroatoms. The first-order valence-electron chi connectivity index (χ1n) is 11.3. The molecule has 0 fully saturated rings. The van der Waals surface area contributed by atoms with E-state index < -0.39 is 0 Å². The van der Waals surface area contributed by atoms with Gasteiger partial charge in [0.05, 0.1) is 22.2 Å². The Labute approximate surface area is 193 Å². The zero-order valence-corrected chi connectivity index (χ0v) is 18.6. The molecule has 4 aromatic carbocycles. The molecule has 158 valence electrons. The fourth-order valence-corrected chi connectivity index (χ4v) is 5.05. The minimum Gasteiger partial charge on any atom is -0.309 e. The molecule has 0 spiro atoms. The number of hydrogen-bond acceptors (Lipinski definition) is 0. The van der Waals surface area contributed by atoms with Crippen LogP contribution in [-0.2, 0) is 0 Å². The van der Waals surface area contributed by atoms with Crippen LogP contribution in [0.2, 0.25) is 0 Å². The van der Waals surface area contributed by atoms with Crippen molar-refractivity contribution in [2.45, 2.75) is 6.92 Å². The van der Waals surface area contributed by atoms with Gasteiger partial charge in [0.1, 0.15) is 0 Å². The molecule has 0 aliphatic rings. The minimum absolute atomic E-state index is 1.14. The van der Waals surface area contributed by atoms with Gasteiger partial charge in [-0.1, -0.05) is 79.4 Å². The second-order valence-corrected chi connectivity index (χ2v) is 8.25. The van der Waals surface area contributed by atoms with Gasteiger partial charge in [0, 0.05) is 33.1 Å². The van der Waals surface area contributed by atoms with Crippen molar-refractivity contribution in [3.05, 3.63) is 121 Å². The van der Waals surface area contributed by atoms with Gasteiger partial charge in [0.2, 0.25) is 0 Å². The third-order valence-electron chi connectivity index (χ3n) is 6.41. The van der Waals surface area contributed by atoms with E-state index in [9.17, 15) is 0 Å². The summed E-state index contributed by atoms with van der Waals surface area (Å²) in [5, 5.41) is 3.73. The highest BCUT2D eigenvalue weighted by molar-refractivity contribution is 6.10. The average molecular weight is 425 g/mol. The molecule has 0 amide bonds. The monoisotopic (exact) mass is 424 g/mol. The van der Waals surface area contributed by atoms with Crippen LogP contribution >= 0.6 is 0 Å². The summed E-state index contributed by atoms with van der Waals surface area (Å²) in [6.07, 6.45) is 6.23. The van der Waals surface area contributed by atoms with Gasteiger partial charge in [0.15, 0.2) is 0 Å². The molecule has 0 radical (unpaired) electrons.